The van der Waals surface area contributed by atoms with Gasteiger partial charge in [0.2, 0.25) is 0 Å². The number of esters is 2. The molecule has 0 aliphatic carbocycles. The second kappa shape index (κ2) is 38.6. The Balaban J connectivity index is 4.12. The van der Waals surface area contributed by atoms with Crippen LogP contribution in [0.25, 0.3) is 0 Å². The zero-order valence-corrected chi connectivity index (χ0v) is 35.0. The normalized spacial score (nSPS) is 13.3. The van der Waals surface area contributed by atoms with Gasteiger partial charge < -0.3 is 19.1 Å². The summed E-state index contributed by atoms with van der Waals surface area (Å²) in [5.74, 6) is -0.00313. The molecular weight excluding hydrogens is 634 g/mol. The first kappa shape index (κ1) is 49.9. The second-order valence-corrected chi connectivity index (χ2v) is 16.1. The Morgan fingerprint density at radius 3 is 1.31 bits per heavy atom. The fourth-order valence-corrected chi connectivity index (χ4v) is 7.33. The lowest BCUT2D eigenvalue weighted by Gasteiger charge is -2.35. The fourth-order valence-electron chi connectivity index (χ4n) is 7.33. The van der Waals surface area contributed by atoms with Gasteiger partial charge in [0.1, 0.15) is 6.10 Å². The Morgan fingerprint density at radius 2 is 0.843 bits per heavy atom. The van der Waals surface area contributed by atoms with Crippen LogP contribution in [0.15, 0.2) is 0 Å². The number of hydrogen-bond donors (Lipinski definition) is 1. The van der Waals surface area contributed by atoms with Gasteiger partial charge in [-0.05, 0) is 70.6 Å². The van der Waals surface area contributed by atoms with Crippen LogP contribution in [0.5, 0.6) is 0 Å². The van der Waals surface area contributed by atoms with Gasteiger partial charge in [-0.25, -0.2) is 0 Å². The molecule has 0 saturated carbocycles. The Bertz CT molecular complexity index is 746. The number of hydrogen-bond acceptors (Lipinski definition) is 5. The summed E-state index contributed by atoms with van der Waals surface area (Å²) in [7, 11) is 2.36. The lowest BCUT2D eigenvalue weighted by molar-refractivity contribution is -0.910. The van der Waals surface area contributed by atoms with Crippen molar-refractivity contribution in [3.8, 4) is 0 Å². The molecule has 2 unspecified atom stereocenters. The summed E-state index contributed by atoms with van der Waals surface area (Å²) in [6.07, 6.45) is 38.1. The van der Waals surface area contributed by atoms with Crippen molar-refractivity contribution in [1.29, 1.82) is 0 Å². The van der Waals surface area contributed by atoms with Gasteiger partial charge in [-0.2, -0.15) is 0 Å². The van der Waals surface area contributed by atoms with Crippen LogP contribution in [-0.4, -0.2) is 67.5 Å². The highest BCUT2D eigenvalue weighted by molar-refractivity contribution is 5.69. The SMILES string of the molecule is CCCCCCCCCOC(=O)CCCCCCC[N+](C)(CCCO)CCCCCCCC(=O)OC(CCCCCCC)CCCCCCCC. The highest BCUT2D eigenvalue weighted by atomic mass is 16.5. The van der Waals surface area contributed by atoms with Crippen LogP contribution in [0.2, 0.25) is 0 Å². The van der Waals surface area contributed by atoms with E-state index in [4.69, 9.17) is 9.47 Å². The zero-order valence-electron chi connectivity index (χ0n) is 35.0. The lowest BCUT2D eigenvalue weighted by Crippen LogP contribution is -2.46. The average Bonchev–Trinajstić information content (AvgIpc) is 3.12. The Morgan fingerprint density at radius 1 is 0.471 bits per heavy atom. The van der Waals surface area contributed by atoms with Crippen LogP contribution in [0, 0.1) is 0 Å². The quantitative estimate of drug-likeness (QED) is 0.0386. The zero-order chi connectivity index (χ0) is 37.5. The molecule has 0 fully saturated rings. The largest absolute Gasteiger partial charge is 0.466 e. The van der Waals surface area contributed by atoms with E-state index in [-0.39, 0.29) is 24.6 Å². The minimum absolute atomic E-state index is 0.0199. The Labute approximate surface area is 318 Å². The van der Waals surface area contributed by atoms with Gasteiger partial charge in [0.15, 0.2) is 0 Å². The molecule has 0 rings (SSSR count). The topological polar surface area (TPSA) is 72.8 Å². The maximum absolute atomic E-state index is 12.7. The molecule has 0 amide bonds. The summed E-state index contributed by atoms with van der Waals surface area (Å²) in [4.78, 5) is 24.8. The first-order valence-corrected chi connectivity index (χ1v) is 22.7. The molecule has 0 aromatic rings. The van der Waals surface area contributed by atoms with Crippen molar-refractivity contribution in [2.45, 2.75) is 239 Å². The number of carbonyl (C=O) groups is 2. The lowest BCUT2D eigenvalue weighted by atomic mass is 10.0. The van der Waals surface area contributed by atoms with Gasteiger partial charge >= 0.3 is 11.9 Å². The minimum atomic E-state index is -0.0231. The standard InChI is InChI=1S/C45H90NO5/c1-5-8-11-14-16-25-32-42-50-44(48)36-28-21-17-23-30-38-46(4,40-33-41-47)39-31-24-18-22-29-37-45(49)51-43(34-26-19-13-10-7-3)35-27-20-15-12-9-6-2/h43,47H,5-42H2,1-4H3/q+1. The van der Waals surface area contributed by atoms with E-state index in [9.17, 15) is 14.7 Å². The molecule has 0 aromatic heterocycles. The molecule has 0 aliphatic heterocycles. The molecule has 304 valence electrons. The van der Waals surface area contributed by atoms with E-state index in [1.807, 2.05) is 0 Å². The number of aliphatic hydroxyl groups excluding tert-OH is 1. The van der Waals surface area contributed by atoms with Crippen LogP contribution >= 0.6 is 0 Å². The van der Waals surface area contributed by atoms with Crippen molar-refractivity contribution in [2.24, 2.45) is 0 Å². The monoisotopic (exact) mass is 725 g/mol. The maximum atomic E-state index is 12.7. The predicted molar refractivity (Wildman–Crippen MR) is 218 cm³/mol. The van der Waals surface area contributed by atoms with E-state index < -0.39 is 0 Å². The van der Waals surface area contributed by atoms with E-state index >= 15 is 0 Å². The molecule has 0 aromatic carbocycles. The third kappa shape index (κ3) is 35.6. The van der Waals surface area contributed by atoms with E-state index in [2.05, 4.69) is 27.8 Å². The number of unbranched alkanes of at least 4 members (excludes halogenated alkanes) is 23. The fraction of sp³-hybridized carbons (Fsp3) is 0.956. The first-order chi connectivity index (χ1) is 24.9. The summed E-state index contributed by atoms with van der Waals surface area (Å²) in [6, 6.07) is 0. The number of aliphatic hydroxyl groups is 1. The van der Waals surface area contributed by atoms with Crippen LogP contribution < -0.4 is 0 Å². The van der Waals surface area contributed by atoms with Crippen molar-refractivity contribution in [3.05, 3.63) is 0 Å². The first-order valence-electron chi connectivity index (χ1n) is 22.7. The smallest absolute Gasteiger partial charge is 0.306 e. The third-order valence-corrected chi connectivity index (χ3v) is 10.8. The van der Waals surface area contributed by atoms with E-state index in [1.54, 1.807) is 0 Å². The van der Waals surface area contributed by atoms with Crippen molar-refractivity contribution in [3.63, 3.8) is 0 Å². The van der Waals surface area contributed by atoms with Crippen molar-refractivity contribution in [1.82, 2.24) is 0 Å². The summed E-state index contributed by atoms with van der Waals surface area (Å²) in [5.41, 5.74) is 0. The van der Waals surface area contributed by atoms with Gasteiger partial charge in [0.05, 0.1) is 33.3 Å². The van der Waals surface area contributed by atoms with Crippen LogP contribution in [0.1, 0.15) is 233 Å². The molecular formula is C45H90NO5+. The van der Waals surface area contributed by atoms with Gasteiger partial charge in [-0.15, -0.1) is 0 Å². The number of quaternary nitrogens is 1. The van der Waals surface area contributed by atoms with Crippen LogP contribution in [-0.2, 0) is 19.1 Å². The molecule has 0 saturated heterocycles. The van der Waals surface area contributed by atoms with E-state index in [0.29, 0.717) is 19.4 Å². The van der Waals surface area contributed by atoms with Gasteiger partial charge in [0.25, 0.3) is 0 Å². The molecule has 0 aliphatic rings. The van der Waals surface area contributed by atoms with Crippen molar-refractivity contribution >= 4 is 11.9 Å². The Kier molecular flexibility index (Phi) is 37.7. The minimum Gasteiger partial charge on any atom is -0.466 e. The van der Waals surface area contributed by atoms with Gasteiger partial charge in [-0.3, -0.25) is 9.59 Å². The van der Waals surface area contributed by atoms with Crippen molar-refractivity contribution < 1.29 is 28.7 Å². The van der Waals surface area contributed by atoms with E-state index in [1.165, 1.54) is 148 Å². The molecule has 51 heavy (non-hydrogen) atoms. The summed E-state index contributed by atoms with van der Waals surface area (Å²) >= 11 is 0. The molecule has 0 heterocycles. The summed E-state index contributed by atoms with van der Waals surface area (Å²) < 4.78 is 12.5. The van der Waals surface area contributed by atoms with E-state index in [0.717, 1.165) is 75.5 Å². The summed E-state index contributed by atoms with van der Waals surface area (Å²) in [5, 5.41) is 9.50. The van der Waals surface area contributed by atoms with Crippen LogP contribution in [0.3, 0.4) is 0 Å². The molecule has 0 spiro atoms. The van der Waals surface area contributed by atoms with Crippen molar-refractivity contribution in [2.75, 3.05) is 39.9 Å². The Hall–Kier alpha value is -1.14. The average molecular weight is 725 g/mol. The molecule has 2 atom stereocenters. The molecule has 6 nitrogen and oxygen atoms in total. The van der Waals surface area contributed by atoms with Gasteiger partial charge in [0, 0.05) is 25.9 Å². The highest BCUT2D eigenvalue weighted by Gasteiger charge is 2.20. The maximum Gasteiger partial charge on any atom is 0.306 e. The molecule has 1 N–H and O–H groups in total. The van der Waals surface area contributed by atoms with Gasteiger partial charge in [-0.1, -0.05) is 143 Å². The third-order valence-electron chi connectivity index (χ3n) is 10.8. The number of nitrogens with zero attached hydrogens (tertiary/aromatic N) is 1. The molecule has 0 bridgehead atoms. The predicted octanol–water partition coefficient (Wildman–Crippen LogP) is 12.8. The summed E-state index contributed by atoms with van der Waals surface area (Å²) in [6.45, 7) is 11.0. The second-order valence-electron chi connectivity index (χ2n) is 16.1. The number of ether oxygens (including phenoxy) is 2. The molecule has 0 radical (unpaired) electrons. The molecule has 6 heteroatoms. The van der Waals surface area contributed by atoms with Crippen LogP contribution in [0.4, 0.5) is 0 Å². The highest BCUT2D eigenvalue weighted by Crippen LogP contribution is 2.19. The number of carbonyl (C=O) groups excluding carboxylic acids is 2. The number of rotatable bonds is 41.